The van der Waals surface area contributed by atoms with Crippen molar-refractivity contribution in [3.63, 3.8) is 0 Å². The summed E-state index contributed by atoms with van der Waals surface area (Å²) in [7, 11) is 0. The quantitative estimate of drug-likeness (QED) is 0.662. The van der Waals surface area contributed by atoms with E-state index in [0.29, 0.717) is 5.02 Å². The van der Waals surface area contributed by atoms with Crippen molar-refractivity contribution >= 4 is 45.1 Å². The fraction of sp³-hybridized carbons (Fsp3) is 0.235. The normalized spacial score (nSPS) is 15.0. The number of nitrogens with zero attached hydrogens (tertiary/aromatic N) is 2. The standard InChI is InChI=1S/C17H16BrClN2/c18-16-8-5-14(11-17(16)19)20-12-13-3-6-15(7-4-13)21-9-1-2-10-21/h3-8,11-12H,1-2,9-10H2. The average molecular weight is 364 g/mol. The molecule has 2 nitrogen and oxygen atoms in total. The molecule has 1 aliphatic heterocycles. The molecule has 0 spiro atoms. The van der Waals surface area contributed by atoms with Gasteiger partial charge in [-0.3, -0.25) is 4.99 Å². The van der Waals surface area contributed by atoms with Crippen LogP contribution in [0.2, 0.25) is 5.02 Å². The van der Waals surface area contributed by atoms with Crippen molar-refractivity contribution in [2.45, 2.75) is 12.8 Å². The Morgan fingerprint density at radius 2 is 1.76 bits per heavy atom. The number of hydrogen-bond donors (Lipinski definition) is 0. The molecule has 2 aromatic rings. The van der Waals surface area contributed by atoms with Crippen molar-refractivity contribution in [2.24, 2.45) is 4.99 Å². The van der Waals surface area contributed by atoms with Crippen LogP contribution >= 0.6 is 27.5 Å². The molecule has 108 valence electrons. The summed E-state index contributed by atoms with van der Waals surface area (Å²) in [5.74, 6) is 0. The topological polar surface area (TPSA) is 15.6 Å². The molecule has 0 bridgehead atoms. The number of hydrogen-bond acceptors (Lipinski definition) is 2. The van der Waals surface area contributed by atoms with Crippen molar-refractivity contribution in [3.05, 3.63) is 57.5 Å². The van der Waals surface area contributed by atoms with E-state index in [0.717, 1.165) is 15.7 Å². The molecule has 2 aromatic carbocycles. The lowest BCUT2D eigenvalue weighted by molar-refractivity contribution is 0.949. The van der Waals surface area contributed by atoms with Crippen molar-refractivity contribution in [1.82, 2.24) is 0 Å². The Morgan fingerprint density at radius 1 is 1.05 bits per heavy atom. The van der Waals surface area contributed by atoms with E-state index in [1.165, 1.54) is 31.6 Å². The molecular formula is C17H16BrClN2. The first-order valence-electron chi connectivity index (χ1n) is 7.06. The minimum atomic E-state index is 0.675. The van der Waals surface area contributed by atoms with Crippen LogP contribution in [0, 0.1) is 0 Å². The van der Waals surface area contributed by atoms with Gasteiger partial charge in [0.05, 0.1) is 10.7 Å². The summed E-state index contributed by atoms with van der Waals surface area (Å²) in [5.41, 5.74) is 3.25. The average Bonchev–Trinajstić information content (AvgIpc) is 3.03. The molecule has 0 aliphatic carbocycles. The van der Waals surface area contributed by atoms with Crippen LogP contribution in [0.4, 0.5) is 11.4 Å². The molecule has 0 unspecified atom stereocenters. The summed E-state index contributed by atoms with van der Waals surface area (Å²) < 4.78 is 0.887. The Balaban J connectivity index is 1.72. The molecule has 0 radical (unpaired) electrons. The molecule has 0 aromatic heterocycles. The monoisotopic (exact) mass is 362 g/mol. The maximum absolute atomic E-state index is 6.06. The Morgan fingerprint density at radius 3 is 2.43 bits per heavy atom. The zero-order valence-corrected chi connectivity index (χ0v) is 13.9. The summed E-state index contributed by atoms with van der Waals surface area (Å²) >= 11 is 9.44. The first-order chi connectivity index (χ1) is 10.2. The lowest BCUT2D eigenvalue weighted by Crippen LogP contribution is -2.17. The fourth-order valence-corrected chi connectivity index (χ4v) is 2.88. The Kier molecular flexibility index (Phi) is 4.61. The van der Waals surface area contributed by atoms with E-state index < -0.39 is 0 Å². The van der Waals surface area contributed by atoms with E-state index in [1.54, 1.807) is 0 Å². The van der Waals surface area contributed by atoms with E-state index in [4.69, 9.17) is 11.6 Å². The maximum atomic E-state index is 6.06. The highest BCUT2D eigenvalue weighted by Crippen LogP contribution is 2.27. The Labute approximate surface area is 138 Å². The highest BCUT2D eigenvalue weighted by atomic mass is 79.9. The van der Waals surface area contributed by atoms with Crippen molar-refractivity contribution < 1.29 is 0 Å². The molecule has 1 aliphatic rings. The van der Waals surface area contributed by atoms with Gasteiger partial charge in [0, 0.05) is 29.5 Å². The molecule has 0 N–H and O–H groups in total. The second-order valence-electron chi connectivity index (χ2n) is 5.14. The molecule has 1 saturated heterocycles. The SMILES string of the molecule is Clc1cc(N=Cc2ccc(N3CCCC3)cc2)ccc1Br. The van der Waals surface area contributed by atoms with Gasteiger partial charge in [-0.2, -0.15) is 0 Å². The van der Waals surface area contributed by atoms with Crippen LogP contribution in [-0.4, -0.2) is 19.3 Å². The first kappa shape index (κ1) is 14.6. The van der Waals surface area contributed by atoms with E-state index in [-0.39, 0.29) is 0 Å². The zero-order valence-electron chi connectivity index (χ0n) is 11.6. The Hall–Kier alpha value is -1.32. The van der Waals surface area contributed by atoms with E-state index in [1.807, 2.05) is 24.4 Å². The smallest absolute Gasteiger partial charge is 0.0645 e. The molecular weight excluding hydrogens is 348 g/mol. The summed E-state index contributed by atoms with van der Waals surface area (Å²) in [6, 6.07) is 14.2. The molecule has 3 rings (SSSR count). The number of rotatable bonds is 3. The third-order valence-electron chi connectivity index (χ3n) is 3.63. The second-order valence-corrected chi connectivity index (χ2v) is 6.40. The van der Waals surface area contributed by atoms with Gasteiger partial charge in [0.25, 0.3) is 0 Å². The van der Waals surface area contributed by atoms with Crippen LogP contribution in [0.15, 0.2) is 51.9 Å². The molecule has 0 amide bonds. The highest BCUT2D eigenvalue weighted by molar-refractivity contribution is 9.10. The molecule has 21 heavy (non-hydrogen) atoms. The summed E-state index contributed by atoms with van der Waals surface area (Å²) in [5, 5.41) is 0.675. The lowest BCUT2D eigenvalue weighted by Gasteiger charge is -2.17. The van der Waals surface area contributed by atoms with E-state index in [9.17, 15) is 0 Å². The number of benzene rings is 2. The van der Waals surface area contributed by atoms with Gasteiger partial charge < -0.3 is 4.90 Å². The summed E-state index contributed by atoms with van der Waals surface area (Å²) in [4.78, 5) is 6.89. The van der Waals surface area contributed by atoms with Crippen LogP contribution in [0.5, 0.6) is 0 Å². The van der Waals surface area contributed by atoms with Gasteiger partial charge >= 0.3 is 0 Å². The van der Waals surface area contributed by atoms with Crippen molar-refractivity contribution in [1.29, 1.82) is 0 Å². The molecule has 0 saturated carbocycles. The van der Waals surface area contributed by atoms with Gasteiger partial charge in [-0.05, 0) is 64.7 Å². The lowest BCUT2D eigenvalue weighted by atomic mass is 10.2. The van der Waals surface area contributed by atoms with Crippen LogP contribution in [0.1, 0.15) is 18.4 Å². The third-order valence-corrected chi connectivity index (χ3v) is 4.86. The number of aliphatic imine (C=N–C) groups is 1. The third kappa shape index (κ3) is 3.66. The van der Waals surface area contributed by atoms with Gasteiger partial charge in [-0.1, -0.05) is 23.7 Å². The summed E-state index contributed by atoms with van der Waals surface area (Å²) in [6.07, 6.45) is 4.47. The van der Waals surface area contributed by atoms with E-state index >= 15 is 0 Å². The number of halogens is 2. The molecule has 1 fully saturated rings. The fourth-order valence-electron chi connectivity index (χ4n) is 2.46. The van der Waals surface area contributed by atoms with Gasteiger partial charge in [0.1, 0.15) is 0 Å². The maximum Gasteiger partial charge on any atom is 0.0645 e. The highest BCUT2D eigenvalue weighted by Gasteiger charge is 2.11. The van der Waals surface area contributed by atoms with Gasteiger partial charge in [-0.15, -0.1) is 0 Å². The number of anilines is 1. The van der Waals surface area contributed by atoms with Crippen LogP contribution in [0.25, 0.3) is 0 Å². The second kappa shape index (κ2) is 6.63. The zero-order chi connectivity index (χ0) is 14.7. The van der Waals surface area contributed by atoms with Crippen LogP contribution < -0.4 is 4.90 Å². The first-order valence-corrected chi connectivity index (χ1v) is 8.23. The molecule has 4 heteroatoms. The van der Waals surface area contributed by atoms with Crippen LogP contribution in [-0.2, 0) is 0 Å². The van der Waals surface area contributed by atoms with Crippen LogP contribution in [0.3, 0.4) is 0 Å². The largest absolute Gasteiger partial charge is 0.372 e. The van der Waals surface area contributed by atoms with Gasteiger partial charge in [0.15, 0.2) is 0 Å². The van der Waals surface area contributed by atoms with Crippen molar-refractivity contribution in [2.75, 3.05) is 18.0 Å². The van der Waals surface area contributed by atoms with Gasteiger partial charge in [-0.25, -0.2) is 0 Å². The minimum absolute atomic E-state index is 0.675. The molecule has 0 atom stereocenters. The van der Waals surface area contributed by atoms with Crippen molar-refractivity contribution in [3.8, 4) is 0 Å². The molecule has 1 heterocycles. The summed E-state index contributed by atoms with van der Waals surface area (Å²) in [6.45, 7) is 2.34. The predicted molar refractivity (Wildman–Crippen MR) is 94.3 cm³/mol. The predicted octanol–water partition coefficient (Wildman–Crippen LogP) is 5.45. The van der Waals surface area contributed by atoms with Gasteiger partial charge in [0.2, 0.25) is 0 Å². The minimum Gasteiger partial charge on any atom is -0.372 e. The van der Waals surface area contributed by atoms with E-state index in [2.05, 4.69) is 50.1 Å². The Bertz CT molecular complexity index is 646.